The molecular formula is C13H18BrNO2. The Hall–Kier alpha value is -0.870. The molecule has 0 saturated carbocycles. The van der Waals surface area contributed by atoms with E-state index in [4.69, 9.17) is 10.5 Å². The van der Waals surface area contributed by atoms with Gasteiger partial charge in [0.25, 0.3) is 0 Å². The summed E-state index contributed by atoms with van der Waals surface area (Å²) in [5.74, 6) is 0.0534. The molecule has 0 saturated heterocycles. The Bertz CT molecular complexity index is 347. The minimum absolute atomic E-state index is 0.176. The van der Waals surface area contributed by atoms with E-state index in [0.717, 1.165) is 16.5 Å². The Morgan fingerprint density at radius 3 is 2.59 bits per heavy atom. The highest BCUT2D eigenvalue weighted by atomic mass is 79.9. The van der Waals surface area contributed by atoms with E-state index in [9.17, 15) is 4.79 Å². The number of nitrogens with two attached hydrogens (primary N) is 1. The lowest BCUT2D eigenvalue weighted by Gasteiger charge is -2.11. The topological polar surface area (TPSA) is 52.3 Å². The zero-order chi connectivity index (χ0) is 12.7. The minimum atomic E-state index is -0.176. The first kappa shape index (κ1) is 14.2. The zero-order valence-electron chi connectivity index (χ0n) is 9.99. The molecule has 2 N–H and O–H groups in total. The first-order valence-corrected chi connectivity index (χ1v) is 6.55. The van der Waals surface area contributed by atoms with Crippen molar-refractivity contribution in [1.29, 1.82) is 0 Å². The van der Waals surface area contributed by atoms with Crippen LogP contribution in [0.5, 0.6) is 0 Å². The van der Waals surface area contributed by atoms with Crippen molar-refractivity contribution in [2.75, 3.05) is 6.54 Å². The van der Waals surface area contributed by atoms with E-state index in [1.54, 1.807) is 0 Å². The van der Waals surface area contributed by atoms with Gasteiger partial charge in [-0.3, -0.25) is 4.79 Å². The smallest absolute Gasteiger partial charge is 0.306 e. The molecule has 94 valence electrons. The average Bonchev–Trinajstić information content (AvgIpc) is 2.35. The predicted molar refractivity (Wildman–Crippen MR) is 71.4 cm³/mol. The third-order valence-electron chi connectivity index (χ3n) is 2.68. The maximum atomic E-state index is 11.5. The SMILES string of the molecule is CCC(CN)CC(=O)OCc1ccc(Br)cc1. The van der Waals surface area contributed by atoms with Gasteiger partial charge in [0.1, 0.15) is 6.61 Å². The van der Waals surface area contributed by atoms with E-state index in [0.29, 0.717) is 19.6 Å². The second kappa shape index (κ2) is 7.45. The van der Waals surface area contributed by atoms with Crippen LogP contribution in [0.3, 0.4) is 0 Å². The number of rotatable bonds is 6. The summed E-state index contributed by atoms with van der Waals surface area (Å²) < 4.78 is 6.21. The molecule has 1 rings (SSSR count). The Labute approximate surface area is 110 Å². The van der Waals surface area contributed by atoms with Crippen LogP contribution in [0, 0.1) is 5.92 Å². The number of hydrogen-bond donors (Lipinski definition) is 1. The Morgan fingerprint density at radius 2 is 2.06 bits per heavy atom. The highest BCUT2D eigenvalue weighted by Gasteiger charge is 2.11. The van der Waals surface area contributed by atoms with E-state index < -0.39 is 0 Å². The number of halogens is 1. The van der Waals surface area contributed by atoms with Crippen LogP contribution in [-0.4, -0.2) is 12.5 Å². The second-order valence-electron chi connectivity index (χ2n) is 4.00. The van der Waals surface area contributed by atoms with E-state index in [-0.39, 0.29) is 11.9 Å². The van der Waals surface area contributed by atoms with Crippen LogP contribution < -0.4 is 5.73 Å². The fraction of sp³-hybridized carbons (Fsp3) is 0.462. The first-order valence-electron chi connectivity index (χ1n) is 5.75. The first-order chi connectivity index (χ1) is 8.15. The fourth-order valence-corrected chi connectivity index (χ4v) is 1.70. The summed E-state index contributed by atoms with van der Waals surface area (Å²) in [6, 6.07) is 7.71. The molecule has 0 aliphatic heterocycles. The van der Waals surface area contributed by atoms with Crippen molar-refractivity contribution in [3.8, 4) is 0 Å². The van der Waals surface area contributed by atoms with E-state index >= 15 is 0 Å². The third kappa shape index (κ3) is 5.33. The number of hydrogen-bond acceptors (Lipinski definition) is 3. The van der Waals surface area contributed by atoms with Crippen molar-refractivity contribution in [3.05, 3.63) is 34.3 Å². The molecule has 1 atom stereocenters. The highest BCUT2D eigenvalue weighted by Crippen LogP contribution is 2.12. The molecule has 0 amide bonds. The molecule has 1 aromatic carbocycles. The maximum Gasteiger partial charge on any atom is 0.306 e. The summed E-state index contributed by atoms with van der Waals surface area (Å²) in [6.45, 7) is 2.89. The summed E-state index contributed by atoms with van der Waals surface area (Å²) in [4.78, 5) is 11.5. The molecule has 0 heterocycles. The molecule has 4 heteroatoms. The average molecular weight is 300 g/mol. The van der Waals surface area contributed by atoms with Crippen LogP contribution in [0.4, 0.5) is 0 Å². The molecule has 0 aliphatic carbocycles. The Morgan fingerprint density at radius 1 is 1.41 bits per heavy atom. The molecule has 17 heavy (non-hydrogen) atoms. The molecule has 0 fully saturated rings. The van der Waals surface area contributed by atoms with E-state index in [2.05, 4.69) is 15.9 Å². The van der Waals surface area contributed by atoms with Crippen LogP contribution in [0.25, 0.3) is 0 Å². The molecule has 0 spiro atoms. The second-order valence-corrected chi connectivity index (χ2v) is 4.92. The number of ether oxygens (including phenoxy) is 1. The van der Waals surface area contributed by atoms with Crippen molar-refractivity contribution in [1.82, 2.24) is 0 Å². The van der Waals surface area contributed by atoms with Crippen LogP contribution >= 0.6 is 15.9 Å². The van der Waals surface area contributed by atoms with Crippen LogP contribution in [0.15, 0.2) is 28.7 Å². The largest absolute Gasteiger partial charge is 0.461 e. The monoisotopic (exact) mass is 299 g/mol. The van der Waals surface area contributed by atoms with Crippen molar-refractivity contribution >= 4 is 21.9 Å². The standard InChI is InChI=1S/C13H18BrNO2/c1-2-10(8-15)7-13(16)17-9-11-3-5-12(14)6-4-11/h3-6,10H,2,7-9,15H2,1H3. The molecule has 0 bridgehead atoms. The minimum Gasteiger partial charge on any atom is -0.461 e. The number of benzene rings is 1. The molecule has 1 unspecified atom stereocenters. The predicted octanol–water partition coefficient (Wildman–Crippen LogP) is 2.87. The summed E-state index contributed by atoms with van der Waals surface area (Å²) >= 11 is 3.36. The van der Waals surface area contributed by atoms with Crippen LogP contribution in [-0.2, 0) is 16.1 Å². The van der Waals surface area contributed by atoms with Crippen molar-refractivity contribution in [2.45, 2.75) is 26.4 Å². The van der Waals surface area contributed by atoms with Gasteiger partial charge in [-0.15, -0.1) is 0 Å². The van der Waals surface area contributed by atoms with E-state index in [1.807, 2.05) is 31.2 Å². The van der Waals surface area contributed by atoms with Gasteiger partial charge in [0.2, 0.25) is 0 Å². The molecule has 0 aromatic heterocycles. The lowest BCUT2D eigenvalue weighted by atomic mass is 10.0. The van der Waals surface area contributed by atoms with Gasteiger partial charge in [0.15, 0.2) is 0 Å². The van der Waals surface area contributed by atoms with Crippen molar-refractivity contribution in [2.24, 2.45) is 11.7 Å². The van der Waals surface area contributed by atoms with Gasteiger partial charge >= 0.3 is 5.97 Å². The summed E-state index contributed by atoms with van der Waals surface area (Å²) in [5.41, 5.74) is 6.53. The van der Waals surface area contributed by atoms with Gasteiger partial charge < -0.3 is 10.5 Å². The summed E-state index contributed by atoms with van der Waals surface area (Å²) in [5, 5.41) is 0. The molecular weight excluding hydrogens is 282 g/mol. The summed E-state index contributed by atoms with van der Waals surface area (Å²) in [7, 11) is 0. The Balaban J connectivity index is 2.35. The number of carbonyl (C=O) groups is 1. The highest BCUT2D eigenvalue weighted by molar-refractivity contribution is 9.10. The summed E-state index contributed by atoms with van der Waals surface area (Å²) in [6.07, 6.45) is 1.31. The quantitative estimate of drug-likeness (QED) is 0.822. The normalized spacial score (nSPS) is 12.2. The lowest BCUT2D eigenvalue weighted by Crippen LogP contribution is -2.18. The van der Waals surface area contributed by atoms with Crippen LogP contribution in [0.1, 0.15) is 25.3 Å². The Kier molecular flexibility index (Phi) is 6.22. The molecule has 0 aliphatic rings. The van der Waals surface area contributed by atoms with Gasteiger partial charge in [-0.25, -0.2) is 0 Å². The number of esters is 1. The molecule has 3 nitrogen and oxygen atoms in total. The van der Waals surface area contributed by atoms with Gasteiger partial charge in [0.05, 0.1) is 0 Å². The van der Waals surface area contributed by atoms with Gasteiger partial charge in [-0.05, 0) is 30.2 Å². The van der Waals surface area contributed by atoms with Crippen molar-refractivity contribution < 1.29 is 9.53 Å². The van der Waals surface area contributed by atoms with Crippen molar-refractivity contribution in [3.63, 3.8) is 0 Å². The zero-order valence-corrected chi connectivity index (χ0v) is 11.6. The van der Waals surface area contributed by atoms with Crippen LogP contribution in [0.2, 0.25) is 0 Å². The maximum absolute atomic E-state index is 11.5. The fourth-order valence-electron chi connectivity index (χ4n) is 1.43. The van der Waals surface area contributed by atoms with Gasteiger partial charge in [0, 0.05) is 10.9 Å². The molecule has 1 aromatic rings. The lowest BCUT2D eigenvalue weighted by molar-refractivity contribution is -0.146. The van der Waals surface area contributed by atoms with E-state index in [1.165, 1.54) is 0 Å². The molecule has 0 radical (unpaired) electrons. The third-order valence-corrected chi connectivity index (χ3v) is 3.21. The number of carbonyl (C=O) groups excluding carboxylic acids is 1. The van der Waals surface area contributed by atoms with Gasteiger partial charge in [-0.2, -0.15) is 0 Å². The van der Waals surface area contributed by atoms with Gasteiger partial charge in [-0.1, -0.05) is 41.4 Å².